The largest absolute Gasteiger partial charge is 0.388 e. The van der Waals surface area contributed by atoms with Gasteiger partial charge in [0, 0.05) is 38.7 Å². The maximum atomic E-state index is 13.4. The summed E-state index contributed by atoms with van der Waals surface area (Å²) in [5.74, 6) is 0.221. The number of nitrogens with zero attached hydrogens (tertiary/aromatic N) is 5. The highest BCUT2D eigenvalue weighted by Gasteiger charge is 2.35. The maximum absolute atomic E-state index is 13.4. The number of piperidine rings is 1. The van der Waals surface area contributed by atoms with Crippen LogP contribution in [0, 0.1) is 0 Å². The van der Waals surface area contributed by atoms with Gasteiger partial charge in [-0.25, -0.2) is 4.98 Å². The summed E-state index contributed by atoms with van der Waals surface area (Å²) in [6.07, 6.45) is 2.73. The number of benzene rings is 2. The summed E-state index contributed by atoms with van der Waals surface area (Å²) < 4.78 is 3.13. The zero-order valence-corrected chi connectivity index (χ0v) is 22.8. The molecule has 0 bridgehead atoms. The minimum Gasteiger partial charge on any atom is -0.388 e. The molecule has 39 heavy (non-hydrogen) atoms. The molecule has 9 nitrogen and oxygen atoms in total. The second-order valence-corrected chi connectivity index (χ2v) is 10.7. The van der Waals surface area contributed by atoms with Gasteiger partial charge in [-0.3, -0.25) is 18.8 Å². The smallest absolute Gasteiger partial charge is 0.281 e. The third-order valence-corrected chi connectivity index (χ3v) is 7.78. The lowest BCUT2D eigenvalue weighted by molar-refractivity contribution is -0.136. The summed E-state index contributed by atoms with van der Waals surface area (Å²) in [7, 11) is 3.71. The Morgan fingerprint density at radius 1 is 1.08 bits per heavy atom. The molecule has 1 aliphatic heterocycles. The Morgan fingerprint density at radius 2 is 1.77 bits per heavy atom. The number of carbonyl (C=O) groups is 1. The molecular weight excluding hydrogens is 492 g/mol. The number of rotatable bonds is 8. The van der Waals surface area contributed by atoms with Crippen molar-refractivity contribution < 1.29 is 9.90 Å². The normalized spacial score (nSPS) is 15.9. The molecule has 0 aliphatic carbocycles. The van der Waals surface area contributed by atoms with Crippen LogP contribution in [0.3, 0.4) is 0 Å². The molecule has 0 saturated carbocycles. The summed E-state index contributed by atoms with van der Waals surface area (Å²) in [5.41, 5.74) is 3.46. The summed E-state index contributed by atoms with van der Waals surface area (Å²) in [4.78, 5) is 32.7. The zero-order chi connectivity index (χ0) is 27.6. The van der Waals surface area contributed by atoms with Crippen LogP contribution >= 0.6 is 0 Å². The van der Waals surface area contributed by atoms with Gasteiger partial charge in [0.15, 0.2) is 5.52 Å². The summed E-state index contributed by atoms with van der Waals surface area (Å²) in [6.45, 7) is 3.86. The van der Waals surface area contributed by atoms with Crippen molar-refractivity contribution in [1.29, 1.82) is 0 Å². The Labute approximate surface area is 228 Å². The highest BCUT2D eigenvalue weighted by atomic mass is 16.3. The lowest BCUT2D eigenvalue weighted by Crippen LogP contribution is -2.49. The third kappa shape index (κ3) is 5.65. The average molecular weight is 529 g/mol. The molecule has 204 valence electrons. The minimum absolute atomic E-state index is 0.0914. The van der Waals surface area contributed by atoms with Crippen molar-refractivity contribution >= 4 is 16.9 Å². The molecule has 2 aromatic carbocycles. The molecule has 1 saturated heterocycles. The van der Waals surface area contributed by atoms with E-state index in [0.29, 0.717) is 37.9 Å². The summed E-state index contributed by atoms with van der Waals surface area (Å²) >= 11 is 0. The number of aliphatic hydroxyl groups is 1. The Balaban J connectivity index is 1.27. The first-order chi connectivity index (χ1) is 18.8. The van der Waals surface area contributed by atoms with E-state index in [-0.39, 0.29) is 29.4 Å². The lowest BCUT2D eigenvalue weighted by Gasteiger charge is -2.38. The average Bonchev–Trinajstić information content (AvgIpc) is 3.28. The van der Waals surface area contributed by atoms with Crippen molar-refractivity contribution in [3.8, 4) is 11.3 Å². The number of aromatic nitrogens is 4. The van der Waals surface area contributed by atoms with Crippen LogP contribution in [0.4, 0.5) is 0 Å². The number of fused-ring (bicyclic) bond motifs is 1. The maximum Gasteiger partial charge on any atom is 0.281 e. The Bertz CT molecular complexity index is 1500. The molecule has 2 N–H and O–H groups in total. The summed E-state index contributed by atoms with van der Waals surface area (Å²) in [5, 5.41) is 19.0. The quantitative estimate of drug-likeness (QED) is 0.364. The van der Waals surface area contributed by atoms with Crippen molar-refractivity contribution in [2.24, 2.45) is 7.05 Å². The molecule has 1 aliphatic rings. The van der Waals surface area contributed by atoms with E-state index < -0.39 is 5.60 Å². The number of likely N-dealkylation sites (tertiary alicyclic amines) is 1. The predicted molar refractivity (Wildman–Crippen MR) is 151 cm³/mol. The monoisotopic (exact) mass is 528 g/mol. The van der Waals surface area contributed by atoms with Crippen LogP contribution in [-0.2, 0) is 24.9 Å². The van der Waals surface area contributed by atoms with Gasteiger partial charge < -0.3 is 15.3 Å². The van der Waals surface area contributed by atoms with Crippen molar-refractivity contribution in [2.75, 3.05) is 20.1 Å². The topological polar surface area (TPSA) is 105 Å². The van der Waals surface area contributed by atoms with Crippen molar-refractivity contribution in [3.05, 3.63) is 82.4 Å². The number of carbonyl (C=O) groups excluding carboxylic acids is 1. The van der Waals surface area contributed by atoms with Crippen LogP contribution in [0.1, 0.15) is 43.2 Å². The van der Waals surface area contributed by atoms with E-state index in [4.69, 9.17) is 0 Å². The second kappa shape index (κ2) is 11.1. The predicted octanol–water partition coefficient (Wildman–Crippen LogP) is 3.06. The van der Waals surface area contributed by atoms with Gasteiger partial charge in [0.2, 0.25) is 5.91 Å². The van der Waals surface area contributed by atoms with Crippen LogP contribution in [-0.4, -0.2) is 61.0 Å². The SMILES string of the molecule is CNCc1ccc(-c2c3ncn(CC4(O)CCN(C(=O)C[C@@H](C)c5ccccc5)CC4)c(=O)c3nn2C)cc1. The molecule has 1 fully saturated rings. The second-order valence-electron chi connectivity index (χ2n) is 10.7. The number of hydrogen-bond acceptors (Lipinski definition) is 6. The van der Waals surface area contributed by atoms with Crippen LogP contribution in [0.2, 0.25) is 0 Å². The third-order valence-electron chi connectivity index (χ3n) is 7.78. The fourth-order valence-electron chi connectivity index (χ4n) is 5.45. The van der Waals surface area contributed by atoms with Crippen LogP contribution in [0.5, 0.6) is 0 Å². The lowest BCUT2D eigenvalue weighted by atomic mass is 9.90. The van der Waals surface area contributed by atoms with Crippen molar-refractivity contribution in [2.45, 2.75) is 50.8 Å². The first kappa shape index (κ1) is 26.8. The van der Waals surface area contributed by atoms with E-state index in [0.717, 1.165) is 28.9 Å². The number of aryl methyl sites for hydroxylation is 1. The van der Waals surface area contributed by atoms with Gasteiger partial charge in [0.25, 0.3) is 5.56 Å². The zero-order valence-electron chi connectivity index (χ0n) is 22.8. The number of amides is 1. The van der Waals surface area contributed by atoms with Crippen LogP contribution in [0.15, 0.2) is 65.7 Å². The van der Waals surface area contributed by atoms with E-state index in [9.17, 15) is 14.7 Å². The van der Waals surface area contributed by atoms with Crippen molar-refractivity contribution in [1.82, 2.24) is 29.5 Å². The molecule has 0 unspecified atom stereocenters. The highest BCUT2D eigenvalue weighted by molar-refractivity contribution is 5.89. The Hall–Kier alpha value is -3.82. The van der Waals surface area contributed by atoms with Gasteiger partial charge in [-0.15, -0.1) is 0 Å². The highest BCUT2D eigenvalue weighted by Crippen LogP contribution is 2.28. The molecule has 3 heterocycles. The summed E-state index contributed by atoms with van der Waals surface area (Å²) in [6, 6.07) is 18.1. The van der Waals surface area contributed by atoms with Gasteiger partial charge in [-0.05, 0) is 36.9 Å². The fraction of sp³-hybridized carbons (Fsp3) is 0.400. The van der Waals surface area contributed by atoms with E-state index >= 15 is 0 Å². The number of hydrogen-bond donors (Lipinski definition) is 2. The Morgan fingerprint density at radius 3 is 2.44 bits per heavy atom. The first-order valence-corrected chi connectivity index (χ1v) is 13.5. The van der Waals surface area contributed by atoms with E-state index in [1.807, 2.05) is 66.5 Å². The first-order valence-electron chi connectivity index (χ1n) is 13.5. The van der Waals surface area contributed by atoms with Gasteiger partial charge in [0.1, 0.15) is 5.52 Å². The molecule has 0 radical (unpaired) electrons. The van der Waals surface area contributed by atoms with E-state index in [2.05, 4.69) is 22.3 Å². The van der Waals surface area contributed by atoms with Gasteiger partial charge in [-0.2, -0.15) is 5.10 Å². The van der Waals surface area contributed by atoms with E-state index in [1.165, 1.54) is 10.9 Å². The molecule has 2 aromatic heterocycles. The molecule has 5 rings (SSSR count). The molecule has 1 atom stereocenters. The Kier molecular flexibility index (Phi) is 7.63. The molecule has 4 aromatic rings. The minimum atomic E-state index is -1.10. The molecule has 9 heteroatoms. The van der Waals surface area contributed by atoms with Gasteiger partial charge in [0.05, 0.1) is 24.2 Å². The molecule has 0 spiro atoms. The fourth-order valence-corrected chi connectivity index (χ4v) is 5.45. The molecular formula is C30H36N6O3. The van der Waals surface area contributed by atoms with Crippen LogP contribution < -0.4 is 10.9 Å². The van der Waals surface area contributed by atoms with Crippen molar-refractivity contribution in [3.63, 3.8) is 0 Å². The molecule has 1 amide bonds. The van der Waals surface area contributed by atoms with Gasteiger partial charge >= 0.3 is 0 Å². The van der Waals surface area contributed by atoms with Gasteiger partial charge in [-0.1, -0.05) is 61.5 Å². The van der Waals surface area contributed by atoms with E-state index in [1.54, 1.807) is 11.7 Å². The van der Waals surface area contributed by atoms with Crippen LogP contribution in [0.25, 0.3) is 22.3 Å². The number of nitrogens with one attached hydrogen (secondary N) is 1. The standard InChI is InChI=1S/C30H36N6O3/c1-21(23-7-5-4-6-8-23)17-25(37)35-15-13-30(39,14-16-35)19-36-20-32-26-27(29(36)38)33-34(3)28(26)24-11-9-22(10-12-24)18-31-2/h4-12,20-21,31,39H,13-19H2,1-3H3/t21-/m1/s1.